The lowest BCUT2D eigenvalue weighted by Gasteiger charge is -2.24. The minimum Gasteiger partial charge on any atom is -0.507 e. The Bertz CT molecular complexity index is 1450. The molecule has 0 aromatic heterocycles. The first-order valence-corrected chi connectivity index (χ1v) is 12.4. The molecule has 0 radical (unpaired) electrons. The fourth-order valence-electron chi connectivity index (χ4n) is 3.93. The number of nitrogen functional groups attached to an aromatic ring is 1. The van der Waals surface area contributed by atoms with Crippen LogP contribution in [0.1, 0.15) is 18.6 Å². The van der Waals surface area contributed by atoms with Crippen LogP contribution in [0.5, 0.6) is 5.75 Å². The van der Waals surface area contributed by atoms with Crippen LogP contribution < -0.4 is 16.4 Å². The molecule has 0 unspecified atom stereocenters. The summed E-state index contributed by atoms with van der Waals surface area (Å²) in [6, 6.07) is 24.7. The summed E-state index contributed by atoms with van der Waals surface area (Å²) >= 11 is 3.37. The van der Waals surface area contributed by atoms with Crippen molar-refractivity contribution in [3.8, 4) is 5.75 Å². The van der Waals surface area contributed by atoms with E-state index in [2.05, 4.69) is 26.6 Å². The lowest BCUT2D eigenvalue weighted by atomic mass is 9.92. The van der Waals surface area contributed by atoms with Gasteiger partial charge in [0.2, 0.25) is 5.91 Å². The zero-order chi connectivity index (χ0) is 26.4. The van der Waals surface area contributed by atoms with Gasteiger partial charge in [0.1, 0.15) is 11.9 Å². The number of para-hydroxylation sites is 2. The van der Waals surface area contributed by atoms with Crippen LogP contribution in [0.4, 0.5) is 21.9 Å². The molecule has 4 aromatic rings. The van der Waals surface area contributed by atoms with E-state index in [-0.39, 0.29) is 11.7 Å². The number of nitrogens with two attached hydrogens (primary N) is 1. The van der Waals surface area contributed by atoms with E-state index in [1.54, 1.807) is 60.7 Å². The molecule has 0 bridgehead atoms. The van der Waals surface area contributed by atoms with Gasteiger partial charge in [-0.05, 0) is 53.9 Å². The quantitative estimate of drug-likeness (QED) is 0.143. The fourth-order valence-corrected chi connectivity index (χ4v) is 4.19. The van der Waals surface area contributed by atoms with Crippen molar-refractivity contribution in [2.45, 2.75) is 13.0 Å². The standard InChI is InChI=1S/C29H26BrN3O4/c1-18(10-17-27(35)33-25-9-5-4-8-24(25)31)28(37-29(36)32-20-13-11-19(30)12-14-20)23-15-16-26(34)22-7-3-2-6-21(22)23/h2-18,28,34H,31H2,1H3,(H,32,36)(H,33,35)/b17-10+/t18-,28+/m0/s1. The second-order valence-electron chi connectivity index (χ2n) is 8.47. The minimum absolute atomic E-state index is 0.125. The van der Waals surface area contributed by atoms with E-state index < -0.39 is 18.1 Å². The van der Waals surface area contributed by atoms with Crippen molar-refractivity contribution < 1.29 is 19.4 Å². The fraction of sp³-hybridized carbons (Fsp3) is 0.103. The van der Waals surface area contributed by atoms with Gasteiger partial charge in [-0.25, -0.2) is 4.79 Å². The monoisotopic (exact) mass is 559 g/mol. The number of benzene rings is 4. The second-order valence-corrected chi connectivity index (χ2v) is 9.39. The molecule has 0 heterocycles. The van der Waals surface area contributed by atoms with E-state index in [1.165, 1.54) is 6.08 Å². The number of fused-ring (bicyclic) bond motifs is 1. The van der Waals surface area contributed by atoms with E-state index >= 15 is 0 Å². The molecular weight excluding hydrogens is 534 g/mol. The lowest BCUT2D eigenvalue weighted by Crippen LogP contribution is -2.21. The van der Waals surface area contributed by atoms with E-state index in [4.69, 9.17) is 10.5 Å². The number of carbonyl (C=O) groups excluding carboxylic acids is 2. The summed E-state index contributed by atoms with van der Waals surface area (Å²) in [6.07, 6.45) is 1.66. The zero-order valence-corrected chi connectivity index (χ0v) is 21.6. The number of rotatable bonds is 7. The average Bonchev–Trinajstić information content (AvgIpc) is 2.89. The van der Waals surface area contributed by atoms with Crippen molar-refractivity contribution in [1.29, 1.82) is 0 Å². The van der Waals surface area contributed by atoms with E-state index in [1.807, 2.05) is 37.3 Å². The predicted molar refractivity (Wildman–Crippen MR) is 150 cm³/mol. The van der Waals surface area contributed by atoms with Crippen LogP contribution in [0, 0.1) is 5.92 Å². The molecule has 4 rings (SSSR count). The lowest BCUT2D eigenvalue weighted by molar-refractivity contribution is -0.111. The van der Waals surface area contributed by atoms with Crippen LogP contribution >= 0.6 is 15.9 Å². The number of phenolic OH excluding ortho intramolecular Hbond substituents is 1. The van der Waals surface area contributed by atoms with Gasteiger partial charge in [0.25, 0.3) is 0 Å². The maximum absolute atomic E-state index is 12.9. The Balaban J connectivity index is 1.60. The van der Waals surface area contributed by atoms with Crippen LogP contribution in [-0.2, 0) is 9.53 Å². The molecule has 0 fully saturated rings. The van der Waals surface area contributed by atoms with Crippen LogP contribution in [0.25, 0.3) is 10.8 Å². The molecule has 0 saturated heterocycles. The first-order chi connectivity index (χ1) is 17.8. The summed E-state index contributed by atoms with van der Waals surface area (Å²) in [5, 5.41) is 17.2. The number of phenols is 1. The molecule has 8 heteroatoms. The van der Waals surface area contributed by atoms with Gasteiger partial charge in [0.15, 0.2) is 0 Å². The smallest absolute Gasteiger partial charge is 0.412 e. The Kier molecular flexibility index (Phi) is 8.10. The molecule has 2 atom stereocenters. The topological polar surface area (TPSA) is 114 Å². The number of carbonyl (C=O) groups is 2. The van der Waals surface area contributed by atoms with Gasteiger partial charge in [0, 0.05) is 27.0 Å². The highest BCUT2D eigenvalue weighted by Crippen LogP contribution is 2.36. The van der Waals surface area contributed by atoms with Crippen molar-refractivity contribution in [2.75, 3.05) is 16.4 Å². The van der Waals surface area contributed by atoms with Gasteiger partial charge in [-0.1, -0.05) is 71.4 Å². The Morgan fingerprint density at radius 3 is 2.32 bits per heavy atom. The molecule has 0 aliphatic carbocycles. The second kappa shape index (κ2) is 11.6. The summed E-state index contributed by atoms with van der Waals surface area (Å²) in [5.41, 5.74) is 8.15. The van der Waals surface area contributed by atoms with E-state index in [0.717, 1.165) is 9.86 Å². The van der Waals surface area contributed by atoms with Crippen molar-refractivity contribution >= 4 is 55.8 Å². The van der Waals surface area contributed by atoms with Crippen LogP contribution in [0.3, 0.4) is 0 Å². The SMILES string of the molecule is C[C@@H](/C=C/C(=O)Nc1ccccc1N)[C@@H](OC(=O)Nc1ccc(Br)cc1)c1ccc(O)c2ccccc12. The van der Waals surface area contributed by atoms with Gasteiger partial charge in [0.05, 0.1) is 11.4 Å². The molecule has 37 heavy (non-hydrogen) atoms. The third-order valence-corrected chi connectivity index (χ3v) is 6.34. The average molecular weight is 560 g/mol. The Morgan fingerprint density at radius 1 is 0.919 bits per heavy atom. The van der Waals surface area contributed by atoms with Gasteiger partial charge < -0.3 is 20.9 Å². The summed E-state index contributed by atoms with van der Waals surface area (Å²) in [5.74, 6) is -0.638. The number of anilines is 3. The summed E-state index contributed by atoms with van der Waals surface area (Å²) < 4.78 is 6.79. The first-order valence-electron chi connectivity index (χ1n) is 11.6. The highest BCUT2D eigenvalue weighted by Gasteiger charge is 2.25. The Morgan fingerprint density at radius 2 is 1.59 bits per heavy atom. The minimum atomic E-state index is -0.758. The number of hydrogen-bond acceptors (Lipinski definition) is 5. The Hall–Kier alpha value is -4.30. The van der Waals surface area contributed by atoms with Gasteiger partial charge >= 0.3 is 6.09 Å². The Labute approximate surface area is 223 Å². The molecule has 0 saturated carbocycles. The molecule has 4 aromatic carbocycles. The maximum Gasteiger partial charge on any atom is 0.412 e. The molecule has 0 aliphatic rings. The third-order valence-electron chi connectivity index (χ3n) is 5.81. The van der Waals surface area contributed by atoms with Gasteiger partial charge in [-0.3, -0.25) is 10.1 Å². The van der Waals surface area contributed by atoms with Crippen molar-refractivity contribution in [1.82, 2.24) is 0 Å². The zero-order valence-electron chi connectivity index (χ0n) is 20.0. The molecule has 0 aliphatic heterocycles. The molecule has 5 N–H and O–H groups in total. The maximum atomic E-state index is 12.9. The molecule has 188 valence electrons. The number of amides is 2. The summed E-state index contributed by atoms with van der Waals surface area (Å²) in [6.45, 7) is 1.85. The van der Waals surface area contributed by atoms with Crippen molar-refractivity contribution in [2.24, 2.45) is 5.92 Å². The molecule has 7 nitrogen and oxygen atoms in total. The van der Waals surface area contributed by atoms with Gasteiger partial charge in [-0.2, -0.15) is 0 Å². The highest BCUT2D eigenvalue weighted by molar-refractivity contribution is 9.10. The predicted octanol–water partition coefficient (Wildman–Crippen LogP) is 7.01. The number of aromatic hydroxyl groups is 1. The van der Waals surface area contributed by atoms with Crippen LogP contribution in [0.2, 0.25) is 0 Å². The number of hydrogen-bond donors (Lipinski definition) is 4. The number of ether oxygens (including phenoxy) is 1. The summed E-state index contributed by atoms with van der Waals surface area (Å²) in [4.78, 5) is 25.5. The van der Waals surface area contributed by atoms with E-state index in [9.17, 15) is 14.7 Å². The molecule has 2 amide bonds. The molecule has 0 spiro atoms. The number of nitrogens with one attached hydrogen (secondary N) is 2. The van der Waals surface area contributed by atoms with Crippen LogP contribution in [-0.4, -0.2) is 17.1 Å². The number of halogens is 1. The largest absolute Gasteiger partial charge is 0.507 e. The van der Waals surface area contributed by atoms with Gasteiger partial charge in [-0.15, -0.1) is 0 Å². The first kappa shape index (κ1) is 25.8. The third kappa shape index (κ3) is 6.48. The van der Waals surface area contributed by atoms with Crippen molar-refractivity contribution in [3.05, 3.63) is 107 Å². The normalized spacial score (nSPS) is 12.7. The molecular formula is C29H26BrN3O4. The summed E-state index contributed by atoms with van der Waals surface area (Å²) in [7, 11) is 0. The van der Waals surface area contributed by atoms with Crippen molar-refractivity contribution in [3.63, 3.8) is 0 Å². The van der Waals surface area contributed by atoms with Crippen LogP contribution in [0.15, 0.2) is 102 Å². The van der Waals surface area contributed by atoms with E-state index in [0.29, 0.717) is 28.0 Å². The highest BCUT2D eigenvalue weighted by atomic mass is 79.9.